The first kappa shape index (κ1) is 14.8. The average Bonchev–Trinajstić information content (AvgIpc) is 2.44. The zero-order valence-corrected chi connectivity index (χ0v) is 12.3. The minimum atomic E-state index is -0.101. The SMILES string of the molecule is O=C(Cc1c(Cl)cccc1Cl)NCCc1ccccn1. The Balaban J connectivity index is 1.84. The first-order chi connectivity index (χ1) is 9.66. The molecule has 20 heavy (non-hydrogen) atoms. The Labute approximate surface area is 127 Å². The van der Waals surface area contributed by atoms with Crippen molar-refractivity contribution in [3.8, 4) is 0 Å². The Morgan fingerprint density at radius 2 is 1.85 bits per heavy atom. The van der Waals surface area contributed by atoms with Crippen LogP contribution in [0, 0.1) is 0 Å². The average molecular weight is 309 g/mol. The van der Waals surface area contributed by atoms with E-state index in [-0.39, 0.29) is 12.3 Å². The summed E-state index contributed by atoms with van der Waals surface area (Å²) in [6, 6.07) is 10.9. The van der Waals surface area contributed by atoms with Gasteiger partial charge in [-0.2, -0.15) is 0 Å². The molecule has 0 radical (unpaired) electrons. The van der Waals surface area contributed by atoms with Crippen LogP contribution in [0.15, 0.2) is 42.6 Å². The van der Waals surface area contributed by atoms with Crippen molar-refractivity contribution in [3.05, 3.63) is 63.9 Å². The van der Waals surface area contributed by atoms with E-state index in [0.29, 0.717) is 28.6 Å². The lowest BCUT2D eigenvalue weighted by atomic mass is 10.1. The summed E-state index contributed by atoms with van der Waals surface area (Å²) in [4.78, 5) is 16.1. The van der Waals surface area contributed by atoms with Gasteiger partial charge in [0.25, 0.3) is 0 Å². The third-order valence-corrected chi connectivity index (χ3v) is 3.54. The van der Waals surface area contributed by atoms with Crippen molar-refractivity contribution in [2.24, 2.45) is 0 Å². The second kappa shape index (κ2) is 7.27. The fraction of sp³-hybridized carbons (Fsp3) is 0.200. The third-order valence-electron chi connectivity index (χ3n) is 2.83. The quantitative estimate of drug-likeness (QED) is 0.921. The van der Waals surface area contributed by atoms with Crippen LogP contribution in [0.1, 0.15) is 11.3 Å². The predicted molar refractivity (Wildman–Crippen MR) is 81.1 cm³/mol. The molecule has 1 heterocycles. The van der Waals surface area contributed by atoms with Gasteiger partial charge in [0.15, 0.2) is 0 Å². The Morgan fingerprint density at radius 1 is 1.10 bits per heavy atom. The van der Waals surface area contributed by atoms with Gasteiger partial charge in [-0.05, 0) is 29.8 Å². The second-order valence-electron chi connectivity index (χ2n) is 4.30. The molecule has 0 saturated carbocycles. The van der Waals surface area contributed by atoms with Crippen molar-refractivity contribution in [1.29, 1.82) is 0 Å². The summed E-state index contributed by atoms with van der Waals surface area (Å²) >= 11 is 12.1. The van der Waals surface area contributed by atoms with Crippen molar-refractivity contribution in [2.75, 3.05) is 6.54 Å². The molecule has 5 heteroatoms. The topological polar surface area (TPSA) is 42.0 Å². The molecule has 2 aromatic rings. The molecule has 0 unspecified atom stereocenters. The van der Waals surface area contributed by atoms with Crippen LogP contribution < -0.4 is 5.32 Å². The van der Waals surface area contributed by atoms with Gasteiger partial charge in [0.1, 0.15) is 0 Å². The normalized spacial score (nSPS) is 10.3. The van der Waals surface area contributed by atoms with Crippen LogP contribution >= 0.6 is 23.2 Å². The maximum absolute atomic E-state index is 11.9. The lowest BCUT2D eigenvalue weighted by Crippen LogP contribution is -2.27. The molecule has 0 aliphatic carbocycles. The highest BCUT2D eigenvalue weighted by Gasteiger charge is 2.10. The van der Waals surface area contributed by atoms with E-state index >= 15 is 0 Å². The number of hydrogen-bond donors (Lipinski definition) is 1. The molecule has 1 aromatic heterocycles. The van der Waals surface area contributed by atoms with E-state index in [2.05, 4.69) is 10.3 Å². The van der Waals surface area contributed by atoms with Crippen LogP contribution in [0.3, 0.4) is 0 Å². The van der Waals surface area contributed by atoms with E-state index in [4.69, 9.17) is 23.2 Å². The molecule has 1 amide bonds. The first-order valence-electron chi connectivity index (χ1n) is 6.26. The number of hydrogen-bond acceptors (Lipinski definition) is 2. The van der Waals surface area contributed by atoms with Gasteiger partial charge < -0.3 is 5.32 Å². The molecule has 2 rings (SSSR count). The fourth-order valence-electron chi connectivity index (χ4n) is 1.80. The summed E-state index contributed by atoms with van der Waals surface area (Å²) in [6.07, 6.45) is 2.62. The predicted octanol–water partition coefficient (Wildman–Crippen LogP) is 3.29. The van der Waals surface area contributed by atoms with Crippen LogP contribution in [0.4, 0.5) is 0 Å². The highest BCUT2D eigenvalue weighted by Crippen LogP contribution is 2.24. The van der Waals surface area contributed by atoms with Crippen LogP contribution in [0.25, 0.3) is 0 Å². The van der Waals surface area contributed by atoms with Gasteiger partial charge in [0.05, 0.1) is 6.42 Å². The first-order valence-corrected chi connectivity index (χ1v) is 7.02. The van der Waals surface area contributed by atoms with Crippen molar-refractivity contribution < 1.29 is 4.79 Å². The highest BCUT2D eigenvalue weighted by molar-refractivity contribution is 6.36. The van der Waals surface area contributed by atoms with Crippen LogP contribution in [-0.2, 0) is 17.6 Å². The molecule has 0 aliphatic rings. The zero-order valence-electron chi connectivity index (χ0n) is 10.8. The molecule has 0 spiro atoms. The fourth-order valence-corrected chi connectivity index (χ4v) is 2.33. The number of amides is 1. The van der Waals surface area contributed by atoms with Gasteiger partial charge in [0.2, 0.25) is 5.91 Å². The number of carbonyl (C=O) groups excluding carboxylic acids is 1. The van der Waals surface area contributed by atoms with E-state index < -0.39 is 0 Å². The molecule has 0 aliphatic heterocycles. The molecular formula is C15H14Cl2N2O. The van der Waals surface area contributed by atoms with Gasteiger partial charge in [-0.25, -0.2) is 0 Å². The molecule has 1 aromatic carbocycles. The minimum Gasteiger partial charge on any atom is -0.355 e. The number of pyridine rings is 1. The number of nitrogens with one attached hydrogen (secondary N) is 1. The Kier molecular flexibility index (Phi) is 5.39. The van der Waals surface area contributed by atoms with Crippen molar-refractivity contribution in [3.63, 3.8) is 0 Å². The van der Waals surface area contributed by atoms with E-state index in [1.807, 2.05) is 18.2 Å². The number of halogens is 2. The molecule has 0 fully saturated rings. The molecule has 0 atom stereocenters. The van der Waals surface area contributed by atoms with Gasteiger partial charge >= 0.3 is 0 Å². The standard InChI is InChI=1S/C15H14Cl2N2O/c16-13-5-3-6-14(17)12(13)10-15(20)19-9-7-11-4-1-2-8-18-11/h1-6,8H,7,9-10H2,(H,19,20). The van der Waals surface area contributed by atoms with Crippen LogP contribution in [-0.4, -0.2) is 17.4 Å². The van der Waals surface area contributed by atoms with Crippen molar-refractivity contribution in [2.45, 2.75) is 12.8 Å². The van der Waals surface area contributed by atoms with Gasteiger partial charge in [-0.1, -0.05) is 35.3 Å². The second-order valence-corrected chi connectivity index (χ2v) is 5.11. The van der Waals surface area contributed by atoms with E-state index in [0.717, 1.165) is 5.69 Å². The third kappa shape index (κ3) is 4.22. The summed E-state index contributed by atoms with van der Waals surface area (Å²) in [5, 5.41) is 3.86. The van der Waals surface area contributed by atoms with Gasteiger partial charge in [-0.3, -0.25) is 9.78 Å². The molecular weight excluding hydrogens is 295 g/mol. The monoisotopic (exact) mass is 308 g/mol. The lowest BCUT2D eigenvalue weighted by molar-refractivity contribution is -0.120. The van der Waals surface area contributed by atoms with Gasteiger partial charge in [0, 0.05) is 34.9 Å². The number of aromatic nitrogens is 1. The summed E-state index contributed by atoms with van der Waals surface area (Å²) in [7, 11) is 0. The highest BCUT2D eigenvalue weighted by atomic mass is 35.5. The number of nitrogens with zero attached hydrogens (tertiary/aromatic N) is 1. The number of carbonyl (C=O) groups is 1. The summed E-state index contributed by atoms with van der Waals surface area (Å²) < 4.78 is 0. The Bertz CT molecular complexity index is 567. The number of benzene rings is 1. The smallest absolute Gasteiger partial charge is 0.224 e. The molecule has 3 nitrogen and oxygen atoms in total. The maximum atomic E-state index is 11.9. The van der Waals surface area contributed by atoms with Crippen LogP contribution in [0.2, 0.25) is 10.0 Å². The van der Waals surface area contributed by atoms with Crippen molar-refractivity contribution in [1.82, 2.24) is 10.3 Å². The molecule has 104 valence electrons. The van der Waals surface area contributed by atoms with Gasteiger partial charge in [-0.15, -0.1) is 0 Å². The van der Waals surface area contributed by atoms with Crippen molar-refractivity contribution >= 4 is 29.1 Å². The zero-order chi connectivity index (χ0) is 14.4. The summed E-state index contributed by atoms with van der Waals surface area (Å²) in [5.41, 5.74) is 1.61. The Hall–Kier alpha value is -1.58. The lowest BCUT2D eigenvalue weighted by Gasteiger charge is -2.08. The Morgan fingerprint density at radius 3 is 2.50 bits per heavy atom. The molecule has 1 N–H and O–H groups in total. The molecule has 0 bridgehead atoms. The van der Waals surface area contributed by atoms with E-state index in [1.54, 1.807) is 24.4 Å². The number of rotatable bonds is 5. The maximum Gasteiger partial charge on any atom is 0.224 e. The minimum absolute atomic E-state index is 0.101. The summed E-state index contributed by atoms with van der Waals surface area (Å²) in [6.45, 7) is 0.540. The van der Waals surface area contributed by atoms with E-state index in [9.17, 15) is 4.79 Å². The van der Waals surface area contributed by atoms with Crippen LogP contribution in [0.5, 0.6) is 0 Å². The summed E-state index contributed by atoms with van der Waals surface area (Å²) in [5.74, 6) is -0.101. The van der Waals surface area contributed by atoms with E-state index in [1.165, 1.54) is 0 Å². The largest absolute Gasteiger partial charge is 0.355 e. The molecule has 0 saturated heterocycles.